The predicted octanol–water partition coefficient (Wildman–Crippen LogP) is 2.69. The van der Waals surface area contributed by atoms with E-state index in [9.17, 15) is 14.7 Å². The number of rotatable bonds is 3. The first kappa shape index (κ1) is 13.7. The van der Waals surface area contributed by atoms with Crippen molar-refractivity contribution >= 4 is 22.8 Å². The zero-order chi connectivity index (χ0) is 14.9. The maximum atomic E-state index is 12.5. The lowest BCUT2D eigenvalue weighted by Gasteiger charge is -2.34. The van der Waals surface area contributed by atoms with E-state index < -0.39 is 11.5 Å². The molecule has 5 nitrogen and oxygen atoms in total. The summed E-state index contributed by atoms with van der Waals surface area (Å²) in [7, 11) is 0. The number of aromatic nitrogens is 1. The third-order valence-electron chi connectivity index (χ3n) is 4.30. The molecule has 0 spiro atoms. The summed E-state index contributed by atoms with van der Waals surface area (Å²) in [6.45, 7) is 0. The number of carboxylic acid groups (broad SMARTS) is 1. The molecule has 3 rings (SSSR count). The molecule has 21 heavy (non-hydrogen) atoms. The summed E-state index contributed by atoms with van der Waals surface area (Å²) in [6, 6.07) is 7.32. The van der Waals surface area contributed by atoms with Crippen molar-refractivity contribution < 1.29 is 14.7 Å². The van der Waals surface area contributed by atoms with Crippen LogP contribution in [0.2, 0.25) is 0 Å². The highest BCUT2D eigenvalue weighted by molar-refractivity contribution is 6.07. The molecule has 1 aliphatic carbocycles. The van der Waals surface area contributed by atoms with Crippen molar-refractivity contribution in [2.45, 2.75) is 37.6 Å². The Balaban J connectivity index is 1.91. The number of para-hydroxylation sites is 1. The van der Waals surface area contributed by atoms with Gasteiger partial charge in [-0.3, -0.25) is 4.79 Å². The number of hydrogen-bond donors (Lipinski definition) is 3. The summed E-state index contributed by atoms with van der Waals surface area (Å²) in [4.78, 5) is 27.2. The number of H-pyrrole nitrogens is 1. The van der Waals surface area contributed by atoms with Crippen molar-refractivity contribution in [2.75, 3.05) is 0 Å². The first-order chi connectivity index (χ1) is 10.1. The highest BCUT2D eigenvalue weighted by Gasteiger charge is 2.41. The number of aromatic amines is 1. The molecule has 0 radical (unpaired) electrons. The van der Waals surface area contributed by atoms with Crippen LogP contribution in [0.5, 0.6) is 0 Å². The van der Waals surface area contributed by atoms with Gasteiger partial charge in [-0.25, -0.2) is 4.79 Å². The van der Waals surface area contributed by atoms with E-state index in [0.29, 0.717) is 18.4 Å². The van der Waals surface area contributed by atoms with Crippen molar-refractivity contribution in [1.82, 2.24) is 10.3 Å². The molecule has 1 amide bonds. The lowest BCUT2D eigenvalue weighted by atomic mass is 9.81. The van der Waals surface area contributed by atoms with Crippen molar-refractivity contribution in [3.63, 3.8) is 0 Å². The molecule has 1 fully saturated rings. The van der Waals surface area contributed by atoms with Crippen LogP contribution >= 0.6 is 0 Å². The van der Waals surface area contributed by atoms with Crippen LogP contribution in [0, 0.1) is 0 Å². The third-order valence-corrected chi connectivity index (χ3v) is 4.30. The van der Waals surface area contributed by atoms with Gasteiger partial charge in [0.25, 0.3) is 5.91 Å². The second-order valence-electron chi connectivity index (χ2n) is 5.65. The Kier molecular flexibility index (Phi) is 3.41. The fraction of sp³-hybridized carbons (Fsp3) is 0.375. The molecule has 5 heteroatoms. The minimum Gasteiger partial charge on any atom is -0.480 e. The first-order valence-corrected chi connectivity index (χ1v) is 7.24. The summed E-state index contributed by atoms with van der Waals surface area (Å²) < 4.78 is 0. The number of carboxylic acids is 1. The van der Waals surface area contributed by atoms with E-state index >= 15 is 0 Å². The topological polar surface area (TPSA) is 82.2 Å². The van der Waals surface area contributed by atoms with Crippen LogP contribution < -0.4 is 5.32 Å². The van der Waals surface area contributed by atoms with Crippen LogP contribution in [0.1, 0.15) is 42.5 Å². The number of benzene rings is 1. The van der Waals surface area contributed by atoms with Gasteiger partial charge in [-0.1, -0.05) is 31.4 Å². The van der Waals surface area contributed by atoms with Gasteiger partial charge in [0, 0.05) is 11.6 Å². The highest BCUT2D eigenvalue weighted by atomic mass is 16.4. The normalized spacial score (nSPS) is 17.5. The van der Waals surface area contributed by atoms with E-state index in [1.165, 1.54) is 0 Å². The Bertz CT molecular complexity index is 684. The maximum Gasteiger partial charge on any atom is 0.329 e. The van der Waals surface area contributed by atoms with Crippen LogP contribution in [0.25, 0.3) is 10.9 Å². The lowest BCUT2D eigenvalue weighted by Crippen LogP contribution is -2.55. The van der Waals surface area contributed by atoms with E-state index in [2.05, 4.69) is 10.3 Å². The molecule has 1 aromatic heterocycles. The molecule has 1 aromatic carbocycles. The molecule has 0 bridgehead atoms. The molecule has 2 aromatic rings. The van der Waals surface area contributed by atoms with Crippen LogP contribution in [0.4, 0.5) is 0 Å². The lowest BCUT2D eigenvalue weighted by molar-refractivity contribution is -0.145. The summed E-state index contributed by atoms with van der Waals surface area (Å²) in [5, 5.41) is 13.2. The highest BCUT2D eigenvalue weighted by Crippen LogP contribution is 2.29. The molecule has 110 valence electrons. The van der Waals surface area contributed by atoms with Gasteiger partial charge in [-0.2, -0.15) is 0 Å². The summed E-state index contributed by atoms with van der Waals surface area (Å²) in [6.07, 6.45) is 5.45. The molecule has 0 atom stereocenters. The zero-order valence-corrected chi connectivity index (χ0v) is 11.7. The second-order valence-corrected chi connectivity index (χ2v) is 5.65. The van der Waals surface area contributed by atoms with E-state index in [1.807, 2.05) is 12.1 Å². The average molecular weight is 286 g/mol. The van der Waals surface area contributed by atoms with E-state index in [4.69, 9.17) is 0 Å². The van der Waals surface area contributed by atoms with Crippen molar-refractivity contribution in [3.8, 4) is 0 Å². The van der Waals surface area contributed by atoms with Crippen LogP contribution in [-0.2, 0) is 4.79 Å². The van der Waals surface area contributed by atoms with Crippen LogP contribution in [0.15, 0.2) is 30.5 Å². The molecule has 0 aliphatic heterocycles. The molecular weight excluding hydrogens is 268 g/mol. The Morgan fingerprint density at radius 3 is 2.62 bits per heavy atom. The number of amides is 1. The fourth-order valence-corrected chi connectivity index (χ4v) is 3.11. The second kappa shape index (κ2) is 5.24. The summed E-state index contributed by atoms with van der Waals surface area (Å²) >= 11 is 0. The van der Waals surface area contributed by atoms with Gasteiger partial charge in [0.1, 0.15) is 5.54 Å². The SMILES string of the molecule is O=C(NC1(C(=O)O)CCCCC1)c1cccc2cc[nH]c12. The Hall–Kier alpha value is -2.30. The number of carbonyl (C=O) groups is 2. The van der Waals surface area contributed by atoms with Gasteiger partial charge >= 0.3 is 5.97 Å². The average Bonchev–Trinajstić information content (AvgIpc) is 2.96. The third kappa shape index (κ3) is 2.39. The largest absolute Gasteiger partial charge is 0.480 e. The van der Waals surface area contributed by atoms with Gasteiger partial charge in [-0.05, 0) is 25.0 Å². The summed E-state index contributed by atoms with van der Waals surface area (Å²) in [5.41, 5.74) is 0.111. The Labute approximate surface area is 122 Å². The van der Waals surface area contributed by atoms with Gasteiger partial charge in [0.15, 0.2) is 0 Å². The molecule has 1 aliphatic rings. The quantitative estimate of drug-likeness (QED) is 0.811. The summed E-state index contributed by atoms with van der Waals surface area (Å²) in [5.74, 6) is -1.26. The number of aliphatic carboxylic acids is 1. The first-order valence-electron chi connectivity index (χ1n) is 7.24. The van der Waals surface area contributed by atoms with E-state index in [0.717, 1.165) is 30.2 Å². The van der Waals surface area contributed by atoms with E-state index in [1.54, 1.807) is 18.3 Å². The molecule has 1 heterocycles. The molecule has 0 unspecified atom stereocenters. The zero-order valence-electron chi connectivity index (χ0n) is 11.7. The minimum atomic E-state index is -1.12. The maximum absolute atomic E-state index is 12.5. The van der Waals surface area contributed by atoms with E-state index in [-0.39, 0.29) is 5.91 Å². The van der Waals surface area contributed by atoms with Crippen LogP contribution in [0.3, 0.4) is 0 Å². The predicted molar refractivity (Wildman–Crippen MR) is 79.2 cm³/mol. The van der Waals surface area contributed by atoms with Crippen molar-refractivity contribution in [2.24, 2.45) is 0 Å². The standard InChI is InChI=1S/C16H18N2O3/c19-14(12-6-4-5-11-7-10-17-13(11)12)18-16(15(20)21)8-2-1-3-9-16/h4-7,10,17H,1-3,8-9H2,(H,18,19)(H,20,21). The number of fused-ring (bicyclic) bond motifs is 1. The smallest absolute Gasteiger partial charge is 0.329 e. The van der Waals surface area contributed by atoms with Crippen molar-refractivity contribution in [3.05, 3.63) is 36.0 Å². The van der Waals surface area contributed by atoms with Crippen LogP contribution in [-0.4, -0.2) is 27.5 Å². The van der Waals surface area contributed by atoms with Crippen molar-refractivity contribution in [1.29, 1.82) is 0 Å². The van der Waals surface area contributed by atoms with Gasteiger partial charge < -0.3 is 15.4 Å². The van der Waals surface area contributed by atoms with Gasteiger partial charge in [-0.15, -0.1) is 0 Å². The number of nitrogens with one attached hydrogen (secondary N) is 2. The molecule has 0 saturated heterocycles. The molecule has 1 saturated carbocycles. The molecular formula is C16H18N2O3. The molecule has 3 N–H and O–H groups in total. The fourth-order valence-electron chi connectivity index (χ4n) is 3.11. The Morgan fingerprint density at radius 2 is 1.90 bits per heavy atom. The number of carbonyl (C=O) groups excluding carboxylic acids is 1. The number of hydrogen-bond acceptors (Lipinski definition) is 2. The van der Waals surface area contributed by atoms with Gasteiger partial charge in [0.05, 0.1) is 11.1 Å². The monoisotopic (exact) mass is 286 g/mol. The Morgan fingerprint density at radius 1 is 1.14 bits per heavy atom. The minimum absolute atomic E-state index is 0.327. The van der Waals surface area contributed by atoms with Gasteiger partial charge in [0.2, 0.25) is 0 Å².